The Hall–Kier alpha value is -1.82. The van der Waals surface area contributed by atoms with Crippen molar-refractivity contribution in [3.05, 3.63) is 48.3 Å². The summed E-state index contributed by atoms with van der Waals surface area (Å²) in [5.74, 6) is -0.682. The van der Waals surface area contributed by atoms with Gasteiger partial charge in [-0.05, 0) is 18.2 Å². The lowest BCUT2D eigenvalue weighted by Gasteiger charge is -2.06. The molecule has 4 nitrogen and oxygen atoms in total. The van der Waals surface area contributed by atoms with Crippen molar-refractivity contribution in [2.45, 2.75) is 11.4 Å². The first-order valence-electron chi connectivity index (χ1n) is 5.39. The van der Waals surface area contributed by atoms with Gasteiger partial charge in [-0.2, -0.15) is 0 Å². The Balaban J connectivity index is 1.89. The Kier molecular flexibility index (Phi) is 3.99. The summed E-state index contributed by atoms with van der Waals surface area (Å²) in [5, 5.41) is 2.74. The molecule has 0 spiro atoms. The number of benzene rings is 1. The first-order valence-corrected chi connectivity index (χ1v) is 5.84. The number of hydrogen-bond donors (Lipinski definition) is 2. The number of aromatic nitrogens is 2. The highest BCUT2D eigenvalue weighted by molar-refractivity contribution is 7.80. The molecule has 0 saturated carbocycles. The Morgan fingerprint density at radius 1 is 1.50 bits per heavy atom. The lowest BCUT2D eigenvalue weighted by Crippen LogP contribution is -2.27. The number of carbonyl (C=O) groups excluding carboxylic acids is 1. The van der Waals surface area contributed by atoms with E-state index in [4.69, 9.17) is 0 Å². The van der Waals surface area contributed by atoms with Crippen molar-refractivity contribution in [1.82, 2.24) is 14.9 Å². The average Bonchev–Trinajstić information content (AvgIpc) is 2.85. The van der Waals surface area contributed by atoms with Gasteiger partial charge in [0.25, 0.3) is 5.91 Å². The van der Waals surface area contributed by atoms with Gasteiger partial charge in [-0.25, -0.2) is 9.37 Å². The van der Waals surface area contributed by atoms with E-state index in [2.05, 4.69) is 22.9 Å². The minimum absolute atomic E-state index is 0.164. The lowest BCUT2D eigenvalue weighted by atomic mass is 10.2. The van der Waals surface area contributed by atoms with Crippen LogP contribution in [-0.4, -0.2) is 22.0 Å². The van der Waals surface area contributed by atoms with E-state index in [0.29, 0.717) is 18.7 Å². The summed E-state index contributed by atoms with van der Waals surface area (Å²) < 4.78 is 14.8. The van der Waals surface area contributed by atoms with Gasteiger partial charge in [-0.15, -0.1) is 12.6 Å². The highest BCUT2D eigenvalue weighted by atomic mass is 32.1. The molecule has 2 rings (SSSR count). The third kappa shape index (κ3) is 3.10. The monoisotopic (exact) mass is 265 g/mol. The van der Waals surface area contributed by atoms with Crippen LogP contribution in [-0.2, 0) is 6.54 Å². The number of carbonyl (C=O) groups is 1. The van der Waals surface area contributed by atoms with Crippen LogP contribution in [0.15, 0.2) is 41.8 Å². The van der Waals surface area contributed by atoms with Gasteiger partial charge in [-0.3, -0.25) is 4.79 Å². The van der Waals surface area contributed by atoms with Crippen LogP contribution in [0.5, 0.6) is 0 Å². The van der Waals surface area contributed by atoms with Crippen LogP contribution in [0.3, 0.4) is 0 Å². The quantitative estimate of drug-likeness (QED) is 0.827. The van der Waals surface area contributed by atoms with E-state index in [-0.39, 0.29) is 10.8 Å². The molecule has 0 radical (unpaired) electrons. The van der Waals surface area contributed by atoms with Gasteiger partial charge in [0.1, 0.15) is 5.82 Å². The molecule has 1 aromatic carbocycles. The van der Waals surface area contributed by atoms with Crippen molar-refractivity contribution in [1.29, 1.82) is 0 Å². The number of nitrogens with zero attached hydrogens (tertiary/aromatic N) is 2. The molecule has 0 aliphatic heterocycles. The average molecular weight is 265 g/mol. The second-order valence-corrected chi connectivity index (χ2v) is 4.20. The van der Waals surface area contributed by atoms with Crippen molar-refractivity contribution in [3.8, 4) is 0 Å². The maximum atomic E-state index is 13.0. The molecule has 1 amide bonds. The zero-order valence-electron chi connectivity index (χ0n) is 9.51. The number of hydrogen-bond acceptors (Lipinski definition) is 3. The molecular weight excluding hydrogens is 253 g/mol. The van der Waals surface area contributed by atoms with E-state index < -0.39 is 5.82 Å². The van der Waals surface area contributed by atoms with Crippen LogP contribution in [0.4, 0.5) is 4.39 Å². The molecular formula is C12H12FN3OS. The number of nitrogens with one attached hydrogen (secondary N) is 1. The zero-order chi connectivity index (χ0) is 13.0. The second-order valence-electron chi connectivity index (χ2n) is 3.72. The zero-order valence-corrected chi connectivity index (χ0v) is 10.4. The summed E-state index contributed by atoms with van der Waals surface area (Å²) in [5.41, 5.74) is 0.395. The third-order valence-corrected chi connectivity index (χ3v) is 2.77. The summed E-state index contributed by atoms with van der Waals surface area (Å²) in [4.78, 5) is 15.8. The van der Waals surface area contributed by atoms with Crippen LogP contribution in [0, 0.1) is 5.82 Å². The summed E-state index contributed by atoms with van der Waals surface area (Å²) in [6, 6.07) is 4.07. The van der Waals surface area contributed by atoms with Gasteiger partial charge in [0.2, 0.25) is 0 Å². The molecule has 2 aromatic rings. The van der Waals surface area contributed by atoms with Crippen molar-refractivity contribution in [2.24, 2.45) is 0 Å². The van der Waals surface area contributed by atoms with Gasteiger partial charge < -0.3 is 9.88 Å². The SMILES string of the molecule is O=C(NCCn1ccnc1)c1ccc(F)c(S)c1. The number of halogens is 1. The molecule has 6 heteroatoms. The Labute approximate surface area is 109 Å². The van der Waals surface area contributed by atoms with E-state index in [1.807, 2.05) is 10.8 Å². The predicted molar refractivity (Wildman–Crippen MR) is 68.2 cm³/mol. The highest BCUT2D eigenvalue weighted by Crippen LogP contribution is 2.13. The van der Waals surface area contributed by atoms with Crippen molar-refractivity contribution in [3.63, 3.8) is 0 Å². The molecule has 0 aliphatic rings. The molecule has 0 saturated heterocycles. The largest absolute Gasteiger partial charge is 0.350 e. The van der Waals surface area contributed by atoms with Crippen LogP contribution < -0.4 is 5.32 Å². The summed E-state index contributed by atoms with van der Waals surface area (Å²) >= 11 is 3.93. The fourth-order valence-corrected chi connectivity index (χ4v) is 1.69. The predicted octanol–water partition coefficient (Wildman–Crippen LogP) is 1.74. The van der Waals surface area contributed by atoms with Crippen LogP contribution in [0.1, 0.15) is 10.4 Å². The van der Waals surface area contributed by atoms with Crippen LogP contribution in [0.2, 0.25) is 0 Å². The number of thiol groups is 1. The van der Waals surface area contributed by atoms with Crippen LogP contribution in [0.25, 0.3) is 0 Å². The minimum Gasteiger partial charge on any atom is -0.350 e. The van der Waals surface area contributed by atoms with E-state index in [9.17, 15) is 9.18 Å². The molecule has 0 atom stereocenters. The first-order chi connectivity index (χ1) is 8.66. The Morgan fingerprint density at radius 3 is 3.00 bits per heavy atom. The molecule has 0 unspecified atom stereocenters. The van der Waals surface area contributed by atoms with Gasteiger partial charge >= 0.3 is 0 Å². The van der Waals surface area contributed by atoms with Crippen molar-refractivity contribution < 1.29 is 9.18 Å². The molecule has 0 fully saturated rings. The van der Waals surface area contributed by atoms with E-state index in [1.165, 1.54) is 18.2 Å². The minimum atomic E-state index is -0.437. The van der Waals surface area contributed by atoms with E-state index >= 15 is 0 Å². The maximum absolute atomic E-state index is 13.0. The van der Waals surface area contributed by atoms with Crippen molar-refractivity contribution >= 4 is 18.5 Å². The molecule has 0 aliphatic carbocycles. The third-order valence-electron chi connectivity index (χ3n) is 2.42. The molecule has 1 heterocycles. The van der Waals surface area contributed by atoms with Gasteiger partial charge in [0, 0.05) is 35.9 Å². The summed E-state index contributed by atoms with van der Waals surface area (Å²) in [6.07, 6.45) is 5.17. The number of imidazole rings is 1. The van der Waals surface area contributed by atoms with E-state index in [1.54, 1.807) is 12.5 Å². The fourth-order valence-electron chi connectivity index (χ4n) is 1.47. The van der Waals surface area contributed by atoms with Gasteiger partial charge in [0.05, 0.1) is 6.33 Å². The Morgan fingerprint density at radius 2 is 2.33 bits per heavy atom. The molecule has 1 N–H and O–H groups in total. The van der Waals surface area contributed by atoms with Gasteiger partial charge in [0.15, 0.2) is 0 Å². The lowest BCUT2D eigenvalue weighted by molar-refractivity contribution is 0.0952. The molecule has 1 aromatic heterocycles. The van der Waals surface area contributed by atoms with Crippen molar-refractivity contribution in [2.75, 3.05) is 6.54 Å². The second kappa shape index (κ2) is 5.68. The standard InChI is InChI=1S/C12H12FN3OS/c13-10-2-1-9(7-11(10)18)12(17)15-4-6-16-5-3-14-8-16/h1-3,5,7-8,18H,4,6H2,(H,15,17). The summed E-state index contributed by atoms with van der Waals surface area (Å²) in [6.45, 7) is 1.12. The molecule has 94 valence electrons. The molecule has 0 bridgehead atoms. The fraction of sp³-hybridized carbons (Fsp3) is 0.167. The van der Waals surface area contributed by atoms with Crippen LogP contribution >= 0.6 is 12.6 Å². The number of amides is 1. The smallest absolute Gasteiger partial charge is 0.251 e. The first kappa shape index (κ1) is 12.6. The molecule has 18 heavy (non-hydrogen) atoms. The summed E-state index contributed by atoms with van der Waals surface area (Å²) in [7, 11) is 0. The Bertz CT molecular complexity index is 542. The normalized spacial score (nSPS) is 10.3. The number of rotatable bonds is 4. The van der Waals surface area contributed by atoms with E-state index in [0.717, 1.165) is 0 Å². The highest BCUT2D eigenvalue weighted by Gasteiger charge is 2.07. The maximum Gasteiger partial charge on any atom is 0.251 e. The topological polar surface area (TPSA) is 46.9 Å². The van der Waals surface area contributed by atoms with Gasteiger partial charge in [-0.1, -0.05) is 0 Å².